The van der Waals surface area contributed by atoms with Gasteiger partial charge in [-0.2, -0.15) is 0 Å². The number of likely N-dealkylation sites (N-methyl/N-ethyl adjacent to an activating group) is 1. The number of benzene rings is 2. The summed E-state index contributed by atoms with van der Waals surface area (Å²) in [7, 11) is 1.85. The van der Waals surface area contributed by atoms with E-state index in [4.69, 9.17) is 5.73 Å². The number of halogens is 1. The van der Waals surface area contributed by atoms with Gasteiger partial charge in [0, 0.05) is 19.6 Å². The molecular weight excluding hydrogens is 239 g/mol. The van der Waals surface area contributed by atoms with E-state index in [0.717, 1.165) is 5.56 Å². The number of anilines is 1. The van der Waals surface area contributed by atoms with E-state index in [1.165, 1.54) is 11.6 Å². The molecule has 2 aromatic carbocycles. The molecular formula is C16H19FN2. The average Bonchev–Trinajstić information content (AvgIpc) is 2.39. The van der Waals surface area contributed by atoms with Crippen LogP contribution in [0.4, 0.5) is 10.1 Å². The van der Waals surface area contributed by atoms with Crippen molar-refractivity contribution in [1.29, 1.82) is 0 Å². The van der Waals surface area contributed by atoms with E-state index in [-0.39, 0.29) is 11.9 Å². The Morgan fingerprint density at radius 3 is 2.37 bits per heavy atom. The summed E-state index contributed by atoms with van der Waals surface area (Å²) in [6.45, 7) is 2.62. The predicted molar refractivity (Wildman–Crippen MR) is 77.8 cm³/mol. The Kier molecular flexibility index (Phi) is 4.17. The summed E-state index contributed by atoms with van der Waals surface area (Å²) in [5.74, 6) is -0.221. The lowest BCUT2D eigenvalue weighted by Crippen LogP contribution is -2.29. The molecule has 0 amide bonds. The predicted octanol–water partition coefficient (Wildman–Crippen LogP) is 3.27. The van der Waals surface area contributed by atoms with Gasteiger partial charge >= 0.3 is 0 Å². The van der Waals surface area contributed by atoms with Crippen molar-refractivity contribution in [3.8, 4) is 0 Å². The normalized spacial score (nSPS) is 12.2. The van der Waals surface area contributed by atoms with E-state index in [1.54, 1.807) is 12.1 Å². The Morgan fingerprint density at radius 2 is 1.74 bits per heavy atom. The molecule has 0 fully saturated rings. The molecule has 0 saturated heterocycles. The summed E-state index contributed by atoms with van der Waals surface area (Å²) in [4.78, 5) is 1.85. The third-order valence-corrected chi connectivity index (χ3v) is 3.24. The van der Waals surface area contributed by atoms with Crippen molar-refractivity contribution in [2.75, 3.05) is 18.5 Å². The van der Waals surface area contributed by atoms with Gasteiger partial charge in [0.15, 0.2) is 0 Å². The van der Waals surface area contributed by atoms with Crippen molar-refractivity contribution in [3.05, 3.63) is 65.5 Å². The smallest absolute Gasteiger partial charge is 0.146 e. The van der Waals surface area contributed by atoms with Crippen molar-refractivity contribution in [2.45, 2.75) is 13.0 Å². The van der Waals surface area contributed by atoms with Crippen LogP contribution < -0.4 is 10.6 Å². The molecule has 0 aliphatic heterocycles. The van der Waals surface area contributed by atoms with E-state index in [0.29, 0.717) is 12.2 Å². The van der Waals surface area contributed by atoms with E-state index in [2.05, 4.69) is 0 Å². The van der Waals surface area contributed by atoms with Crippen LogP contribution in [0.1, 0.15) is 17.2 Å². The second-order valence-electron chi connectivity index (χ2n) is 4.85. The molecule has 0 radical (unpaired) electrons. The minimum absolute atomic E-state index is 0.134. The average molecular weight is 258 g/mol. The zero-order chi connectivity index (χ0) is 13.8. The van der Waals surface area contributed by atoms with Crippen LogP contribution in [0.2, 0.25) is 0 Å². The van der Waals surface area contributed by atoms with Crippen LogP contribution in [-0.2, 0) is 0 Å². The minimum atomic E-state index is -0.221. The molecule has 0 spiro atoms. The van der Waals surface area contributed by atoms with Crippen molar-refractivity contribution in [1.82, 2.24) is 0 Å². The first-order chi connectivity index (χ1) is 9.08. The number of para-hydroxylation sites is 1. The molecule has 2 N–H and O–H groups in total. The first-order valence-corrected chi connectivity index (χ1v) is 6.36. The summed E-state index contributed by atoms with van der Waals surface area (Å²) in [5.41, 5.74) is 9.01. The van der Waals surface area contributed by atoms with Gasteiger partial charge in [0.2, 0.25) is 0 Å². The first-order valence-electron chi connectivity index (χ1n) is 6.36. The third-order valence-electron chi connectivity index (χ3n) is 3.24. The summed E-state index contributed by atoms with van der Waals surface area (Å²) in [6, 6.07) is 14.7. The van der Waals surface area contributed by atoms with Crippen LogP contribution in [-0.4, -0.2) is 13.6 Å². The lowest BCUT2D eigenvalue weighted by atomic mass is 10.1. The van der Waals surface area contributed by atoms with Crippen molar-refractivity contribution in [3.63, 3.8) is 0 Å². The van der Waals surface area contributed by atoms with Gasteiger partial charge in [-0.05, 0) is 24.6 Å². The highest BCUT2D eigenvalue weighted by Gasteiger charge is 2.12. The Morgan fingerprint density at radius 1 is 1.11 bits per heavy atom. The maximum atomic E-state index is 13.7. The number of nitrogens with zero attached hydrogens (tertiary/aromatic N) is 1. The fraction of sp³-hybridized carbons (Fsp3) is 0.250. The zero-order valence-corrected chi connectivity index (χ0v) is 11.3. The molecule has 0 heterocycles. The van der Waals surface area contributed by atoms with Gasteiger partial charge in [-0.25, -0.2) is 4.39 Å². The van der Waals surface area contributed by atoms with Gasteiger partial charge < -0.3 is 10.6 Å². The van der Waals surface area contributed by atoms with E-state index < -0.39 is 0 Å². The van der Waals surface area contributed by atoms with Gasteiger partial charge in [-0.3, -0.25) is 0 Å². The second kappa shape index (κ2) is 5.85. The largest absolute Gasteiger partial charge is 0.370 e. The Bertz CT molecular complexity index is 537. The Hall–Kier alpha value is -1.87. The van der Waals surface area contributed by atoms with Gasteiger partial charge in [0.1, 0.15) is 5.82 Å². The number of hydrogen-bond acceptors (Lipinski definition) is 2. The highest BCUT2D eigenvalue weighted by atomic mass is 19.1. The van der Waals surface area contributed by atoms with Crippen molar-refractivity contribution < 1.29 is 4.39 Å². The topological polar surface area (TPSA) is 29.3 Å². The molecule has 0 aliphatic carbocycles. The van der Waals surface area contributed by atoms with Gasteiger partial charge in [-0.1, -0.05) is 42.0 Å². The number of aryl methyl sites for hydroxylation is 1. The third kappa shape index (κ3) is 3.32. The number of rotatable bonds is 4. The molecule has 0 saturated carbocycles. The summed E-state index contributed by atoms with van der Waals surface area (Å²) in [5, 5.41) is 0. The number of hydrogen-bond donors (Lipinski definition) is 1. The quantitative estimate of drug-likeness (QED) is 0.912. The van der Waals surface area contributed by atoms with E-state index in [1.807, 2.05) is 49.2 Å². The van der Waals surface area contributed by atoms with Crippen LogP contribution in [0.3, 0.4) is 0 Å². The summed E-state index contributed by atoms with van der Waals surface area (Å²) in [6.07, 6.45) is 0. The van der Waals surface area contributed by atoms with Crippen LogP contribution in [0.5, 0.6) is 0 Å². The van der Waals surface area contributed by atoms with Crippen LogP contribution in [0.25, 0.3) is 0 Å². The summed E-state index contributed by atoms with van der Waals surface area (Å²) >= 11 is 0. The zero-order valence-electron chi connectivity index (χ0n) is 11.3. The van der Waals surface area contributed by atoms with Crippen molar-refractivity contribution >= 4 is 5.69 Å². The monoisotopic (exact) mass is 258 g/mol. The van der Waals surface area contributed by atoms with Crippen LogP contribution >= 0.6 is 0 Å². The molecule has 3 heteroatoms. The maximum Gasteiger partial charge on any atom is 0.146 e. The molecule has 2 aromatic rings. The van der Waals surface area contributed by atoms with Gasteiger partial charge in [0.05, 0.1) is 5.69 Å². The molecule has 1 unspecified atom stereocenters. The van der Waals surface area contributed by atoms with Crippen LogP contribution in [0, 0.1) is 12.7 Å². The Balaban J connectivity index is 2.08. The summed E-state index contributed by atoms with van der Waals surface area (Å²) < 4.78 is 13.7. The lowest BCUT2D eigenvalue weighted by Gasteiger charge is -2.24. The molecule has 2 rings (SSSR count). The fourth-order valence-electron chi connectivity index (χ4n) is 2.07. The van der Waals surface area contributed by atoms with Gasteiger partial charge in [-0.15, -0.1) is 0 Å². The fourth-order valence-corrected chi connectivity index (χ4v) is 2.07. The minimum Gasteiger partial charge on any atom is -0.370 e. The molecule has 2 nitrogen and oxygen atoms in total. The number of nitrogens with two attached hydrogens (primary N) is 1. The molecule has 19 heavy (non-hydrogen) atoms. The lowest BCUT2D eigenvalue weighted by molar-refractivity contribution is 0.614. The van der Waals surface area contributed by atoms with E-state index >= 15 is 0 Å². The van der Waals surface area contributed by atoms with Crippen LogP contribution in [0.15, 0.2) is 48.5 Å². The Labute approximate surface area is 113 Å². The highest BCUT2D eigenvalue weighted by molar-refractivity contribution is 5.47. The van der Waals surface area contributed by atoms with E-state index in [9.17, 15) is 4.39 Å². The maximum absolute atomic E-state index is 13.7. The standard InChI is InChI=1S/C16H19FN2/c1-12-7-9-13(10-8-12)15(18)11-19(2)16-6-4-3-5-14(16)17/h3-10,15H,11,18H2,1-2H3. The highest BCUT2D eigenvalue weighted by Crippen LogP contribution is 2.20. The molecule has 100 valence electrons. The van der Waals surface area contributed by atoms with Gasteiger partial charge in [0.25, 0.3) is 0 Å². The molecule has 0 aliphatic rings. The second-order valence-corrected chi connectivity index (χ2v) is 4.85. The SMILES string of the molecule is Cc1ccc(C(N)CN(C)c2ccccc2F)cc1. The van der Waals surface area contributed by atoms with Crippen molar-refractivity contribution in [2.24, 2.45) is 5.73 Å². The molecule has 1 atom stereocenters. The molecule has 0 bridgehead atoms. The first kappa shape index (κ1) is 13.6. The molecule has 0 aromatic heterocycles.